The SMILES string of the molecule is COc1cccc(C(Oc2ccccc2OC)C(C)N)c1. The molecule has 2 rings (SSSR count). The van der Waals surface area contributed by atoms with Crippen molar-refractivity contribution in [1.29, 1.82) is 0 Å². The fourth-order valence-corrected chi connectivity index (χ4v) is 2.15. The maximum Gasteiger partial charge on any atom is 0.162 e. The molecule has 0 saturated carbocycles. The lowest BCUT2D eigenvalue weighted by Crippen LogP contribution is -2.29. The molecule has 2 atom stereocenters. The van der Waals surface area contributed by atoms with Crippen LogP contribution in [0.3, 0.4) is 0 Å². The van der Waals surface area contributed by atoms with Crippen molar-refractivity contribution in [3.8, 4) is 17.2 Å². The minimum atomic E-state index is -0.281. The van der Waals surface area contributed by atoms with Crippen molar-refractivity contribution in [1.82, 2.24) is 0 Å². The van der Waals surface area contributed by atoms with Gasteiger partial charge >= 0.3 is 0 Å². The Hall–Kier alpha value is -2.20. The Labute approximate surface area is 125 Å². The Kier molecular flexibility index (Phi) is 5.06. The molecule has 0 saturated heterocycles. The van der Waals surface area contributed by atoms with Crippen LogP contribution in [0.2, 0.25) is 0 Å². The average molecular weight is 287 g/mol. The molecule has 0 aliphatic heterocycles. The molecule has 0 aliphatic carbocycles. The van der Waals surface area contributed by atoms with Gasteiger partial charge in [0.2, 0.25) is 0 Å². The van der Waals surface area contributed by atoms with Crippen LogP contribution in [0.25, 0.3) is 0 Å². The highest BCUT2D eigenvalue weighted by Crippen LogP contribution is 2.32. The van der Waals surface area contributed by atoms with Crippen LogP contribution in [0.15, 0.2) is 48.5 Å². The Balaban J connectivity index is 2.31. The highest BCUT2D eigenvalue weighted by molar-refractivity contribution is 5.40. The van der Waals surface area contributed by atoms with Gasteiger partial charge in [-0.05, 0) is 36.8 Å². The zero-order valence-corrected chi connectivity index (χ0v) is 12.6. The predicted octanol–water partition coefficient (Wildman–Crippen LogP) is 3.17. The lowest BCUT2D eigenvalue weighted by atomic mass is 10.0. The van der Waals surface area contributed by atoms with E-state index in [1.807, 2.05) is 55.5 Å². The molecule has 21 heavy (non-hydrogen) atoms. The van der Waals surface area contributed by atoms with E-state index in [1.54, 1.807) is 14.2 Å². The molecule has 4 heteroatoms. The first-order valence-corrected chi connectivity index (χ1v) is 6.85. The summed E-state index contributed by atoms with van der Waals surface area (Å²) in [6, 6.07) is 15.1. The maximum atomic E-state index is 6.09. The summed E-state index contributed by atoms with van der Waals surface area (Å²) in [5, 5.41) is 0. The molecule has 0 radical (unpaired) electrons. The smallest absolute Gasteiger partial charge is 0.162 e. The number of hydrogen-bond acceptors (Lipinski definition) is 4. The van der Waals surface area contributed by atoms with Gasteiger partial charge in [0.15, 0.2) is 11.5 Å². The van der Waals surface area contributed by atoms with Crippen LogP contribution in [0.4, 0.5) is 0 Å². The lowest BCUT2D eigenvalue weighted by Gasteiger charge is -2.24. The standard InChI is InChI=1S/C17H21NO3/c1-12(18)17(13-7-6-8-14(11-13)19-2)21-16-10-5-4-9-15(16)20-3/h4-12,17H,18H2,1-3H3. The number of hydrogen-bond donors (Lipinski definition) is 1. The first-order chi connectivity index (χ1) is 10.2. The quantitative estimate of drug-likeness (QED) is 0.886. The molecule has 0 aromatic heterocycles. The number of benzene rings is 2. The van der Waals surface area contributed by atoms with Crippen molar-refractivity contribution >= 4 is 0 Å². The summed E-state index contributed by atoms with van der Waals surface area (Å²) in [5.41, 5.74) is 7.06. The van der Waals surface area contributed by atoms with Gasteiger partial charge in [0.1, 0.15) is 11.9 Å². The number of methoxy groups -OCH3 is 2. The van der Waals surface area contributed by atoms with Gasteiger partial charge in [-0.25, -0.2) is 0 Å². The fraction of sp³-hybridized carbons (Fsp3) is 0.294. The number of para-hydroxylation sites is 2. The van der Waals surface area contributed by atoms with Crippen LogP contribution in [-0.4, -0.2) is 20.3 Å². The monoisotopic (exact) mass is 287 g/mol. The van der Waals surface area contributed by atoms with E-state index in [0.29, 0.717) is 11.5 Å². The van der Waals surface area contributed by atoms with Gasteiger partial charge in [0.25, 0.3) is 0 Å². The molecule has 2 aromatic carbocycles. The topological polar surface area (TPSA) is 53.7 Å². The van der Waals surface area contributed by atoms with E-state index < -0.39 is 0 Å². The molecule has 0 fully saturated rings. The molecule has 2 unspecified atom stereocenters. The molecule has 0 aliphatic rings. The van der Waals surface area contributed by atoms with Gasteiger partial charge in [-0.2, -0.15) is 0 Å². The first kappa shape index (κ1) is 15.2. The van der Waals surface area contributed by atoms with Crippen molar-refractivity contribution in [2.75, 3.05) is 14.2 Å². The van der Waals surface area contributed by atoms with E-state index in [0.717, 1.165) is 11.3 Å². The second-order valence-corrected chi connectivity index (χ2v) is 4.83. The molecule has 4 nitrogen and oxygen atoms in total. The third-order valence-electron chi connectivity index (χ3n) is 3.22. The van der Waals surface area contributed by atoms with E-state index in [9.17, 15) is 0 Å². The highest BCUT2D eigenvalue weighted by Gasteiger charge is 2.20. The normalized spacial score (nSPS) is 13.3. The molecule has 0 bridgehead atoms. The van der Waals surface area contributed by atoms with Gasteiger partial charge in [-0.1, -0.05) is 24.3 Å². The van der Waals surface area contributed by atoms with Crippen molar-refractivity contribution in [3.63, 3.8) is 0 Å². The van der Waals surface area contributed by atoms with Gasteiger partial charge < -0.3 is 19.9 Å². The van der Waals surface area contributed by atoms with Crippen LogP contribution in [0.5, 0.6) is 17.2 Å². The zero-order chi connectivity index (χ0) is 15.2. The first-order valence-electron chi connectivity index (χ1n) is 6.85. The molecular formula is C17H21NO3. The summed E-state index contributed by atoms with van der Waals surface area (Å²) in [6.45, 7) is 1.92. The predicted molar refractivity (Wildman–Crippen MR) is 83.0 cm³/mol. The summed E-state index contributed by atoms with van der Waals surface area (Å²) < 4.78 is 16.7. The molecule has 2 aromatic rings. The molecule has 2 N–H and O–H groups in total. The van der Waals surface area contributed by atoms with Crippen LogP contribution in [0.1, 0.15) is 18.6 Å². The second-order valence-electron chi connectivity index (χ2n) is 4.83. The molecule has 0 spiro atoms. The van der Waals surface area contributed by atoms with E-state index in [1.165, 1.54) is 0 Å². The fourth-order valence-electron chi connectivity index (χ4n) is 2.15. The molecule has 112 valence electrons. The van der Waals surface area contributed by atoms with Crippen molar-refractivity contribution < 1.29 is 14.2 Å². The molecule has 0 heterocycles. The maximum absolute atomic E-state index is 6.09. The van der Waals surface area contributed by atoms with Crippen LogP contribution < -0.4 is 19.9 Å². The van der Waals surface area contributed by atoms with Crippen molar-refractivity contribution in [2.45, 2.75) is 19.1 Å². The van der Waals surface area contributed by atoms with Crippen molar-refractivity contribution in [2.24, 2.45) is 5.73 Å². The third-order valence-corrected chi connectivity index (χ3v) is 3.22. The number of rotatable bonds is 6. The molecule has 0 amide bonds. The van der Waals surface area contributed by atoms with E-state index in [2.05, 4.69) is 0 Å². The average Bonchev–Trinajstić information content (AvgIpc) is 2.52. The lowest BCUT2D eigenvalue weighted by molar-refractivity contribution is 0.173. The van der Waals surface area contributed by atoms with Crippen LogP contribution in [-0.2, 0) is 0 Å². The Morgan fingerprint density at radius 2 is 1.62 bits per heavy atom. The van der Waals surface area contributed by atoms with Crippen LogP contribution in [0, 0.1) is 0 Å². The summed E-state index contributed by atoms with van der Waals surface area (Å²) in [7, 11) is 3.26. The summed E-state index contributed by atoms with van der Waals surface area (Å²) >= 11 is 0. The van der Waals surface area contributed by atoms with Crippen molar-refractivity contribution in [3.05, 3.63) is 54.1 Å². The van der Waals surface area contributed by atoms with Gasteiger partial charge in [-0.15, -0.1) is 0 Å². The summed E-state index contributed by atoms with van der Waals surface area (Å²) in [4.78, 5) is 0. The van der Waals surface area contributed by atoms with Gasteiger partial charge in [0, 0.05) is 6.04 Å². The second kappa shape index (κ2) is 6.99. The van der Waals surface area contributed by atoms with E-state index in [-0.39, 0.29) is 12.1 Å². The Morgan fingerprint density at radius 3 is 2.24 bits per heavy atom. The summed E-state index contributed by atoms with van der Waals surface area (Å²) in [6.07, 6.45) is -0.281. The number of ether oxygens (including phenoxy) is 3. The minimum absolute atomic E-state index is 0.179. The molecular weight excluding hydrogens is 266 g/mol. The minimum Gasteiger partial charge on any atom is -0.497 e. The zero-order valence-electron chi connectivity index (χ0n) is 12.6. The highest BCUT2D eigenvalue weighted by atomic mass is 16.5. The van der Waals surface area contributed by atoms with E-state index >= 15 is 0 Å². The largest absolute Gasteiger partial charge is 0.497 e. The Morgan fingerprint density at radius 1 is 0.905 bits per heavy atom. The summed E-state index contributed by atoms with van der Waals surface area (Å²) in [5.74, 6) is 2.14. The number of nitrogens with two attached hydrogens (primary N) is 1. The van der Waals surface area contributed by atoms with Gasteiger partial charge in [0.05, 0.1) is 14.2 Å². The third kappa shape index (κ3) is 3.67. The van der Waals surface area contributed by atoms with E-state index in [4.69, 9.17) is 19.9 Å². The Bertz CT molecular complexity index is 584. The van der Waals surface area contributed by atoms with Crippen LogP contribution >= 0.6 is 0 Å². The van der Waals surface area contributed by atoms with Gasteiger partial charge in [-0.3, -0.25) is 0 Å².